The van der Waals surface area contributed by atoms with E-state index >= 15 is 0 Å². The van der Waals surface area contributed by atoms with E-state index in [0.29, 0.717) is 12.4 Å². The van der Waals surface area contributed by atoms with Gasteiger partial charge < -0.3 is 9.84 Å². The van der Waals surface area contributed by atoms with E-state index in [1.165, 1.54) is 0 Å². The predicted molar refractivity (Wildman–Crippen MR) is 56.6 cm³/mol. The number of carbonyl (C=O) groups excluding carboxylic acids is 1. The van der Waals surface area contributed by atoms with Gasteiger partial charge in [-0.25, -0.2) is 0 Å². The maximum absolute atomic E-state index is 11.5. The van der Waals surface area contributed by atoms with Gasteiger partial charge >= 0.3 is 0 Å². The second-order valence-corrected chi connectivity index (χ2v) is 4.70. The Hall–Kier alpha value is -0.410. The Morgan fingerprint density at radius 1 is 1.27 bits per heavy atom. The van der Waals surface area contributed by atoms with Crippen LogP contribution in [0, 0.1) is 0 Å². The van der Waals surface area contributed by atoms with Gasteiger partial charge in [0.15, 0.2) is 11.4 Å². The Balaban J connectivity index is 1.57. The van der Waals surface area contributed by atoms with Crippen LogP contribution in [0.2, 0.25) is 0 Å². The van der Waals surface area contributed by atoms with Crippen LogP contribution in [0.3, 0.4) is 0 Å². The highest BCUT2D eigenvalue weighted by Gasteiger charge is 2.64. The molecular weight excluding hydrogens is 192 g/mol. The number of rotatable bonds is 7. The first kappa shape index (κ1) is 11.1. The molecule has 0 aromatic heterocycles. The molecule has 1 N–H and O–H groups in total. The molecule has 15 heavy (non-hydrogen) atoms. The normalized spacial score (nSPS) is 33.1. The number of aliphatic hydroxyl groups excluding tert-OH is 1. The summed E-state index contributed by atoms with van der Waals surface area (Å²) in [6.07, 6.45) is 8.29. The van der Waals surface area contributed by atoms with Crippen LogP contribution in [0.1, 0.15) is 51.4 Å². The summed E-state index contributed by atoms with van der Waals surface area (Å²) in [5.41, 5.74) is -0.322. The van der Waals surface area contributed by atoms with Crippen molar-refractivity contribution >= 4 is 5.78 Å². The Bertz CT molecular complexity index is 239. The maximum atomic E-state index is 11.5. The van der Waals surface area contributed by atoms with E-state index in [2.05, 4.69) is 0 Å². The molecule has 1 saturated heterocycles. The first-order valence-electron chi connectivity index (χ1n) is 6.11. The molecule has 2 aliphatic rings. The number of epoxide rings is 1. The quantitative estimate of drug-likeness (QED) is 0.517. The number of ketones is 1. The molecule has 1 aliphatic carbocycles. The average Bonchev–Trinajstić information content (AvgIpc) is 2.87. The fourth-order valence-corrected chi connectivity index (χ4v) is 2.62. The zero-order chi connectivity index (χ0) is 10.7. The maximum Gasteiger partial charge on any atom is 0.167 e. The first-order valence-corrected chi connectivity index (χ1v) is 6.11. The SMILES string of the molecule is O=C1CCC2OC12CCCCCCCO. The molecule has 2 rings (SSSR count). The molecule has 0 aromatic carbocycles. The summed E-state index contributed by atoms with van der Waals surface area (Å²) in [6, 6.07) is 0. The minimum Gasteiger partial charge on any atom is -0.396 e. The van der Waals surface area contributed by atoms with Gasteiger partial charge in [0.1, 0.15) is 0 Å². The molecule has 2 atom stereocenters. The van der Waals surface area contributed by atoms with E-state index in [9.17, 15) is 4.79 Å². The van der Waals surface area contributed by atoms with Crippen LogP contribution in [-0.2, 0) is 9.53 Å². The largest absolute Gasteiger partial charge is 0.396 e. The number of carbonyl (C=O) groups is 1. The number of hydrogen-bond donors (Lipinski definition) is 1. The van der Waals surface area contributed by atoms with E-state index in [-0.39, 0.29) is 11.7 Å². The zero-order valence-electron chi connectivity index (χ0n) is 9.21. The molecular formula is C12H20O3. The molecule has 0 bridgehead atoms. The number of hydrogen-bond acceptors (Lipinski definition) is 3. The summed E-state index contributed by atoms with van der Waals surface area (Å²) in [6.45, 7) is 0.299. The van der Waals surface area contributed by atoms with Gasteiger partial charge in [0.25, 0.3) is 0 Å². The van der Waals surface area contributed by atoms with Crippen molar-refractivity contribution in [2.75, 3.05) is 6.61 Å². The van der Waals surface area contributed by atoms with Crippen LogP contribution >= 0.6 is 0 Å². The topological polar surface area (TPSA) is 49.8 Å². The van der Waals surface area contributed by atoms with E-state index in [1.807, 2.05) is 0 Å². The fourth-order valence-electron chi connectivity index (χ4n) is 2.62. The number of ether oxygens (including phenoxy) is 1. The highest BCUT2D eigenvalue weighted by Crippen LogP contribution is 2.50. The lowest BCUT2D eigenvalue weighted by Crippen LogP contribution is -2.21. The van der Waals surface area contributed by atoms with Crippen LogP contribution in [-0.4, -0.2) is 29.2 Å². The lowest BCUT2D eigenvalue weighted by molar-refractivity contribution is -0.124. The van der Waals surface area contributed by atoms with Crippen molar-refractivity contribution in [3.05, 3.63) is 0 Å². The van der Waals surface area contributed by atoms with Crippen LogP contribution in [0.5, 0.6) is 0 Å². The van der Waals surface area contributed by atoms with Gasteiger partial charge in [-0.05, 0) is 19.3 Å². The second-order valence-electron chi connectivity index (χ2n) is 4.70. The lowest BCUT2D eigenvalue weighted by atomic mass is 9.97. The molecule has 1 aliphatic heterocycles. The molecule has 2 unspecified atom stereocenters. The third-order valence-corrected chi connectivity index (χ3v) is 3.63. The van der Waals surface area contributed by atoms with Gasteiger partial charge in [-0.2, -0.15) is 0 Å². The number of unbranched alkanes of at least 4 members (excludes halogenated alkanes) is 4. The predicted octanol–water partition coefficient (Wildman–Crippen LogP) is 1.82. The summed E-state index contributed by atoms with van der Waals surface area (Å²) < 4.78 is 5.49. The summed E-state index contributed by atoms with van der Waals surface area (Å²) in [7, 11) is 0. The van der Waals surface area contributed by atoms with Crippen LogP contribution in [0.4, 0.5) is 0 Å². The number of Topliss-reactive ketones (excluding diaryl/α,β-unsaturated/α-hetero) is 1. The van der Waals surface area contributed by atoms with Crippen molar-refractivity contribution in [2.45, 2.75) is 63.1 Å². The minimum atomic E-state index is -0.322. The van der Waals surface area contributed by atoms with Crippen LogP contribution in [0.15, 0.2) is 0 Å². The molecule has 0 aromatic rings. The Labute approximate surface area is 90.8 Å². The molecule has 1 saturated carbocycles. The molecule has 0 amide bonds. The van der Waals surface area contributed by atoms with Gasteiger partial charge in [-0.15, -0.1) is 0 Å². The van der Waals surface area contributed by atoms with E-state index in [1.54, 1.807) is 0 Å². The molecule has 1 heterocycles. The summed E-state index contributed by atoms with van der Waals surface area (Å²) >= 11 is 0. The molecule has 3 nitrogen and oxygen atoms in total. The highest BCUT2D eigenvalue weighted by molar-refractivity contribution is 5.93. The molecule has 0 spiro atoms. The van der Waals surface area contributed by atoms with Gasteiger partial charge in [0, 0.05) is 13.0 Å². The lowest BCUT2D eigenvalue weighted by Gasteiger charge is -2.06. The van der Waals surface area contributed by atoms with Crippen molar-refractivity contribution in [1.29, 1.82) is 0 Å². The molecule has 3 heteroatoms. The monoisotopic (exact) mass is 212 g/mol. The van der Waals surface area contributed by atoms with Crippen molar-refractivity contribution < 1.29 is 14.6 Å². The van der Waals surface area contributed by atoms with Gasteiger partial charge in [0.2, 0.25) is 0 Å². The molecule has 86 valence electrons. The molecule has 0 radical (unpaired) electrons. The first-order chi connectivity index (χ1) is 7.29. The number of aliphatic hydroxyl groups is 1. The third-order valence-electron chi connectivity index (χ3n) is 3.63. The van der Waals surface area contributed by atoms with E-state index in [0.717, 1.165) is 51.4 Å². The third kappa shape index (κ3) is 2.23. The van der Waals surface area contributed by atoms with Crippen LogP contribution in [0.25, 0.3) is 0 Å². The minimum absolute atomic E-state index is 0.266. The van der Waals surface area contributed by atoms with Crippen molar-refractivity contribution in [3.63, 3.8) is 0 Å². The summed E-state index contributed by atoms with van der Waals surface area (Å²) in [5.74, 6) is 0.336. The van der Waals surface area contributed by atoms with Crippen molar-refractivity contribution in [1.82, 2.24) is 0 Å². The number of fused-ring (bicyclic) bond motifs is 1. The highest BCUT2D eigenvalue weighted by atomic mass is 16.6. The summed E-state index contributed by atoms with van der Waals surface area (Å²) in [4.78, 5) is 11.5. The fraction of sp³-hybridized carbons (Fsp3) is 0.917. The van der Waals surface area contributed by atoms with Crippen molar-refractivity contribution in [3.8, 4) is 0 Å². The van der Waals surface area contributed by atoms with E-state index < -0.39 is 0 Å². The van der Waals surface area contributed by atoms with Gasteiger partial charge in [-0.1, -0.05) is 25.7 Å². The Kier molecular flexibility index (Phi) is 3.42. The smallest absolute Gasteiger partial charge is 0.167 e. The Morgan fingerprint density at radius 3 is 2.60 bits per heavy atom. The standard InChI is InChI=1S/C12H20O3/c13-9-5-3-1-2-4-8-12-10(14)6-7-11(12)15-12/h11,13H,1-9H2. The van der Waals surface area contributed by atoms with E-state index in [4.69, 9.17) is 9.84 Å². The summed E-state index contributed by atoms with van der Waals surface area (Å²) in [5, 5.41) is 8.61. The average molecular weight is 212 g/mol. The molecule has 2 fully saturated rings. The zero-order valence-corrected chi connectivity index (χ0v) is 9.21. The second kappa shape index (κ2) is 4.62. The van der Waals surface area contributed by atoms with Gasteiger partial charge in [-0.3, -0.25) is 4.79 Å². The van der Waals surface area contributed by atoms with Gasteiger partial charge in [0.05, 0.1) is 6.10 Å². The van der Waals surface area contributed by atoms with Crippen molar-refractivity contribution in [2.24, 2.45) is 0 Å². The Morgan fingerprint density at radius 2 is 2.00 bits per heavy atom. The van der Waals surface area contributed by atoms with Crippen LogP contribution < -0.4 is 0 Å².